The van der Waals surface area contributed by atoms with Crippen molar-refractivity contribution in [3.8, 4) is 6.07 Å². The van der Waals surface area contributed by atoms with Gasteiger partial charge in [-0.1, -0.05) is 18.5 Å². The number of hydrogen-bond donors (Lipinski definition) is 1. The van der Waals surface area contributed by atoms with E-state index < -0.39 is 61.5 Å². The number of hydrogen-bond acceptors (Lipinski definition) is 8. The SMILES string of the molecule is CCS(=O)(=O)c1ccc(C#N)cc1Cn1c(=O)[nH]c2c(Cl)c(CN3CCN(C(=O)OC(C)(C)C)CC3)c(C(F)(F)F)cc2c1=O. The number of carbonyl (C=O) groups is 1. The summed E-state index contributed by atoms with van der Waals surface area (Å²) in [5.74, 6) is -0.307. The minimum Gasteiger partial charge on any atom is -0.444 e. The molecule has 2 aromatic carbocycles. The molecule has 242 valence electrons. The largest absolute Gasteiger partial charge is 0.444 e. The molecule has 0 atom stereocenters. The minimum absolute atomic E-state index is 0.0489. The van der Waals surface area contributed by atoms with Gasteiger partial charge in [-0.15, -0.1) is 0 Å². The van der Waals surface area contributed by atoms with Gasteiger partial charge in [-0.3, -0.25) is 14.3 Å². The van der Waals surface area contributed by atoms with Gasteiger partial charge in [-0.05, 0) is 56.2 Å². The van der Waals surface area contributed by atoms with Crippen LogP contribution in [0.2, 0.25) is 5.02 Å². The quantitative estimate of drug-likeness (QED) is 0.413. The number of halogens is 4. The number of rotatable bonds is 6. The Morgan fingerprint density at radius 3 is 2.29 bits per heavy atom. The summed E-state index contributed by atoms with van der Waals surface area (Å²) >= 11 is 6.48. The monoisotopic (exact) mass is 669 g/mol. The summed E-state index contributed by atoms with van der Waals surface area (Å²) in [7, 11) is -3.85. The Hall–Kier alpha value is -3.87. The highest BCUT2D eigenvalue weighted by Gasteiger charge is 2.37. The number of amides is 1. The van der Waals surface area contributed by atoms with E-state index in [-0.39, 0.29) is 65.6 Å². The summed E-state index contributed by atoms with van der Waals surface area (Å²) < 4.78 is 74.4. The zero-order chi connectivity index (χ0) is 33.5. The highest BCUT2D eigenvalue weighted by Crippen LogP contribution is 2.38. The molecule has 0 spiro atoms. The smallest absolute Gasteiger partial charge is 0.416 e. The molecular weight excluding hydrogens is 639 g/mol. The van der Waals surface area contributed by atoms with Gasteiger partial charge in [0.2, 0.25) is 0 Å². The normalized spacial score (nSPS) is 14.9. The summed E-state index contributed by atoms with van der Waals surface area (Å²) in [6.45, 7) is 6.49. The first-order valence-electron chi connectivity index (χ1n) is 13.9. The molecule has 0 unspecified atom stereocenters. The summed E-state index contributed by atoms with van der Waals surface area (Å²) in [6, 6.07) is 6.14. The number of nitrogens with one attached hydrogen (secondary N) is 1. The fraction of sp³-hybridized carbons (Fsp3) is 0.448. The Bertz CT molecular complexity index is 1920. The van der Waals surface area contributed by atoms with Gasteiger partial charge in [-0.2, -0.15) is 18.4 Å². The van der Waals surface area contributed by atoms with Gasteiger partial charge in [0.15, 0.2) is 9.84 Å². The Balaban J connectivity index is 1.75. The molecule has 45 heavy (non-hydrogen) atoms. The lowest BCUT2D eigenvalue weighted by Crippen LogP contribution is -2.49. The molecule has 16 heteroatoms. The first-order valence-corrected chi connectivity index (χ1v) is 15.9. The maximum Gasteiger partial charge on any atom is 0.416 e. The molecule has 0 radical (unpaired) electrons. The number of alkyl halides is 3. The van der Waals surface area contributed by atoms with E-state index in [1.807, 2.05) is 6.07 Å². The van der Waals surface area contributed by atoms with Crippen LogP contribution in [0.25, 0.3) is 10.9 Å². The van der Waals surface area contributed by atoms with Crippen molar-refractivity contribution in [3.05, 3.63) is 72.4 Å². The molecule has 1 N–H and O–H groups in total. The lowest BCUT2D eigenvalue weighted by atomic mass is 10.0. The molecule has 0 bridgehead atoms. The van der Waals surface area contributed by atoms with Gasteiger partial charge < -0.3 is 14.6 Å². The van der Waals surface area contributed by atoms with E-state index in [4.69, 9.17) is 16.3 Å². The van der Waals surface area contributed by atoms with Crippen LogP contribution in [0.15, 0.2) is 38.8 Å². The number of aromatic nitrogens is 2. The number of aromatic amines is 1. The number of piperazine rings is 1. The summed E-state index contributed by atoms with van der Waals surface area (Å²) in [5, 5.41) is 8.32. The fourth-order valence-corrected chi connectivity index (χ4v) is 6.41. The molecule has 1 saturated heterocycles. The maximum absolute atomic E-state index is 14.4. The summed E-state index contributed by atoms with van der Waals surface area (Å²) in [6.07, 6.45) is -5.46. The zero-order valence-corrected chi connectivity index (χ0v) is 26.5. The van der Waals surface area contributed by atoms with Gasteiger partial charge in [0.05, 0.1) is 50.3 Å². The lowest BCUT2D eigenvalue weighted by Gasteiger charge is -2.36. The van der Waals surface area contributed by atoms with Crippen LogP contribution in [-0.4, -0.2) is 71.4 Å². The van der Waals surface area contributed by atoms with Crippen LogP contribution in [-0.2, 0) is 33.8 Å². The van der Waals surface area contributed by atoms with E-state index in [1.165, 1.54) is 30.0 Å². The van der Waals surface area contributed by atoms with E-state index in [0.717, 1.165) is 0 Å². The average Bonchev–Trinajstić information content (AvgIpc) is 2.95. The fourth-order valence-electron chi connectivity index (χ4n) is 4.99. The van der Waals surface area contributed by atoms with E-state index in [9.17, 15) is 41.2 Å². The second-order valence-electron chi connectivity index (χ2n) is 11.5. The third-order valence-corrected chi connectivity index (χ3v) is 9.51. The van der Waals surface area contributed by atoms with Crippen LogP contribution in [0.5, 0.6) is 0 Å². The summed E-state index contributed by atoms with van der Waals surface area (Å²) in [4.78, 5) is 44.3. The molecule has 0 aliphatic carbocycles. The molecule has 1 aromatic heterocycles. The molecular formula is C29H31ClF3N5O6S. The Morgan fingerprint density at radius 2 is 1.73 bits per heavy atom. The van der Waals surface area contributed by atoms with Gasteiger partial charge in [0.1, 0.15) is 5.60 Å². The number of ether oxygens (including phenoxy) is 1. The molecule has 1 aliphatic heterocycles. The van der Waals surface area contributed by atoms with Crippen molar-refractivity contribution in [2.75, 3.05) is 31.9 Å². The Morgan fingerprint density at radius 1 is 1.09 bits per heavy atom. The predicted molar refractivity (Wildman–Crippen MR) is 160 cm³/mol. The molecule has 1 amide bonds. The van der Waals surface area contributed by atoms with Gasteiger partial charge in [0.25, 0.3) is 5.56 Å². The Kier molecular flexibility index (Phi) is 9.44. The van der Waals surface area contributed by atoms with Gasteiger partial charge in [0, 0.05) is 32.7 Å². The standard InChI is InChI=1S/C29H31ClF3N5O6S/c1-5-45(42,43)22-7-6-17(14-34)12-18(22)15-38-25(39)19-13-21(29(31,32)33)20(23(30)24(19)35-26(38)40)16-36-8-10-37(11-9-36)27(41)44-28(2,3)4/h6-7,12-13H,5,8-11,15-16H2,1-4H3,(H,35,40). The van der Waals surface area contributed by atoms with Crippen molar-refractivity contribution in [1.29, 1.82) is 5.26 Å². The van der Waals surface area contributed by atoms with Crippen LogP contribution >= 0.6 is 11.6 Å². The van der Waals surface area contributed by atoms with Crippen LogP contribution in [0.1, 0.15) is 49.9 Å². The highest BCUT2D eigenvalue weighted by atomic mass is 35.5. The predicted octanol–water partition coefficient (Wildman–Crippen LogP) is 4.13. The average molecular weight is 670 g/mol. The molecule has 3 aromatic rings. The van der Waals surface area contributed by atoms with Crippen molar-refractivity contribution >= 4 is 38.4 Å². The second kappa shape index (κ2) is 12.5. The second-order valence-corrected chi connectivity index (χ2v) is 14.2. The van der Waals surface area contributed by atoms with Crippen molar-refractivity contribution in [2.45, 2.75) is 57.5 Å². The topological polar surface area (TPSA) is 146 Å². The lowest BCUT2D eigenvalue weighted by molar-refractivity contribution is -0.138. The molecule has 0 saturated carbocycles. The van der Waals surface area contributed by atoms with E-state index in [2.05, 4.69) is 4.98 Å². The summed E-state index contributed by atoms with van der Waals surface area (Å²) in [5.41, 5.74) is -4.68. The van der Waals surface area contributed by atoms with Gasteiger partial charge >= 0.3 is 18.0 Å². The van der Waals surface area contributed by atoms with Crippen molar-refractivity contribution < 1.29 is 31.1 Å². The van der Waals surface area contributed by atoms with Gasteiger partial charge in [-0.25, -0.2) is 18.0 Å². The third-order valence-electron chi connectivity index (χ3n) is 7.26. The number of fused-ring (bicyclic) bond motifs is 1. The number of benzene rings is 2. The van der Waals surface area contributed by atoms with E-state index in [1.54, 1.807) is 25.7 Å². The number of nitrogens with zero attached hydrogens (tertiary/aromatic N) is 4. The number of H-pyrrole nitrogens is 1. The number of sulfone groups is 1. The van der Waals surface area contributed by atoms with E-state index >= 15 is 0 Å². The molecule has 11 nitrogen and oxygen atoms in total. The molecule has 4 rings (SSSR count). The first kappa shape index (κ1) is 34.0. The third kappa shape index (κ3) is 7.34. The van der Waals surface area contributed by atoms with Crippen molar-refractivity contribution in [1.82, 2.24) is 19.4 Å². The van der Waals surface area contributed by atoms with Crippen LogP contribution < -0.4 is 11.2 Å². The molecule has 1 fully saturated rings. The Labute approximate surface area is 261 Å². The maximum atomic E-state index is 14.4. The minimum atomic E-state index is -4.93. The van der Waals surface area contributed by atoms with Crippen LogP contribution in [0.4, 0.5) is 18.0 Å². The zero-order valence-electron chi connectivity index (χ0n) is 24.9. The van der Waals surface area contributed by atoms with Crippen molar-refractivity contribution in [2.24, 2.45) is 0 Å². The number of carbonyl (C=O) groups excluding carboxylic acids is 1. The number of nitriles is 1. The van der Waals surface area contributed by atoms with Crippen molar-refractivity contribution in [3.63, 3.8) is 0 Å². The molecule has 2 heterocycles. The molecule has 1 aliphatic rings. The first-order chi connectivity index (χ1) is 20.9. The van der Waals surface area contributed by atoms with E-state index in [0.29, 0.717) is 10.6 Å². The van der Waals surface area contributed by atoms with Crippen LogP contribution in [0, 0.1) is 11.3 Å². The van der Waals surface area contributed by atoms with Crippen LogP contribution in [0.3, 0.4) is 0 Å². The highest BCUT2D eigenvalue weighted by molar-refractivity contribution is 7.91.